The summed E-state index contributed by atoms with van der Waals surface area (Å²) in [6, 6.07) is 4.59. The molecule has 7 nitrogen and oxygen atoms in total. The van der Waals surface area contributed by atoms with Crippen molar-refractivity contribution in [2.75, 3.05) is 5.88 Å². The molecule has 0 spiro atoms. The number of halogens is 3. The first-order valence-electron chi connectivity index (χ1n) is 7.49. The number of nitrogens with one attached hydrogen (secondary N) is 2. The highest BCUT2D eigenvalue weighted by Crippen LogP contribution is 2.53. The molecule has 4 rings (SSSR count). The Morgan fingerprint density at radius 2 is 2.23 bits per heavy atom. The number of nitrogens with zero attached hydrogens (tertiary/aromatic N) is 3. The molecule has 3 aromatic rings. The largest absolute Gasteiger partial charge is 0.291 e. The summed E-state index contributed by atoms with van der Waals surface area (Å²) >= 11 is 6.78. The molecular weight excluding hydrogens is 408 g/mol. The summed E-state index contributed by atoms with van der Waals surface area (Å²) in [5, 5.41) is 14.5. The minimum absolute atomic E-state index is 0.00715. The summed E-state index contributed by atoms with van der Waals surface area (Å²) in [7, 11) is -3.86. The highest BCUT2D eigenvalue weighted by Gasteiger charge is 2.58. The van der Waals surface area contributed by atoms with Gasteiger partial charge in [0.1, 0.15) is 5.01 Å². The fourth-order valence-corrected chi connectivity index (χ4v) is 5.63. The maximum Gasteiger partial charge on any atom is 0.291 e. The third-order valence-electron chi connectivity index (χ3n) is 4.32. The van der Waals surface area contributed by atoms with E-state index in [-0.39, 0.29) is 21.7 Å². The second kappa shape index (κ2) is 6.19. The first-order valence-corrected chi connectivity index (χ1v) is 10.3. The molecule has 0 amide bonds. The molecule has 0 saturated heterocycles. The zero-order valence-corrected chi connectivity index (χ0v) is 15.4. The van der Waals surface area contributed by atoms with Gasteiger partial charge in [-0.05, 0) is 24.6 Å². The Kier molecular flexibility index (Phi) is 4.21. The number of sulfonamides is 1. The molecule has 1 saturated carbocycles. The van der Waals surface area contributed by atoms with Crippen LogP contribution >= 0.6 is 22.9 Å². The lowest BCUT2D eigenvalue weighted by molar-refractivity contribution is 0.150. The van der Waals surface area contributed by atoms with Crippen molar-refractivity contribution in [3.63, 3.8) is 0 Å². The lowest BCUT2D eigenvalue weighted by atomic mass is 10.2. The van der Waals surface area contributed by atoms with E-state index in [1.807, 2.05) is 0 Å². The molecule has 1 fully saturated rings. The van der Waals surface area contributed by atoms with Gasteiger partial charge in [0.2, 0.25) is 10.0 Å². The maximum absolute atomic E-state index is 12.7. The number of rotatable bonds is 6. The molecule has 0 aliphatic heterocycles. The number of aromatic amines is 1. The first kappa shape index (κ1) is 17.7. The second-order valence-corrected chi connectivity index (χ2v) is 9.04. The van der Waals surface area contributed by atoms with Crippen molar-refractivity contribution in [2.24, 2.45) is 0 Å². The number of H-pyrrole nitrogens is 1. The predicted molar refractivity (Wildman–Crippen MR) is 92.1 cm³/mol. The lowest BCUT2D eigenvalue weighted by Gasteiger charge is -2.16. The summed E-state index contributed by atoms with van der Waals surface area (Å²) in [4.78, 5) is 0.0647. The Labute approximate surface area is 155 Å². The molecule has 1 aliphatic carbocycles. The monoisotopic (exact) mass is 419 g/mol. The van der Waals surface area contributed by atoms with E-state index in [4.69, 9.17) is 11.6 Å². The third kappa shape index (κ3) is 2.98. The van der Waals surface area contributed by atoms with Gasteiger partial charge in [0.25, 0.3) is 6.43 Å². The van der Waals surface area contributed by atoms with Crippen molar-refractivity contribution in [2.45, 2.75) is 29.2 Å². The van der Waals surface area contributed by atoms with Crippen LogP contribution in [0, 0.1) is 0 Å². The Morgan fingerprint density at radius 3 is 2.92 bits per heavy atom. The van der Waals surface area contributed by atoms with Gasteiger partial charge in [-0.15, -0.1) is 21.8 Å². The molecule has 2 atom stereocenters. The number of fused-ring (bicyclic) bond motifs is 1. The predicted octanol–water partition coefficient (Wildman–Crippen LogP) is 2.80. The molecule has 138 valence electrons. The van der Waals surface area contributed by atoms with E-state index in [2.05, 4.69) is 25.1 Å². The average molecular weight is 420 g/mol. The molecule has 2 N–H and O–H groups in total. The SMILES string of the molecule is O=S(=O)(NC1(CCl)CC1c1nnc(C(F)F)s1)c1ccc2cn[nH]c2c1. The van der Waals surface area contributed by atoms with Crippen LogP contribution in [0.5, 0.6) is 0 Å². The molecule has 2 unspecified atom stereocenters. The number of aromatic nitrogens is 4. The van der Waals surface area contributed by atoms with Crippen molar-refractivity contribution in [1.29, 1.82) is 0 Å². The fraction of sp³-hybridized carbons (Fsp3) is 0.357. The van der Waals surface area contributed by atoms with Crippen LogP contribution in [0.4, 0.5) is 8.78 Å². The summed E-state index contributed by atoms with van der Waals surface area (Å²) in [6.45, 7) is 0. The van der Waals surface area contributed by atoms with E-state index in [1.54, 1.807) is 12.3 Å². The van der Waals surface area contributed by atoms with Crippen LogP contribution in [-0.4, -0.2) is 40.2 Å². The van der Waals surface area contributed by atoms with Crippen LogP contribution < -0.4 is 4.72 Å². The number of hydrogen-bond acceptors (Lipinski definition) is 6. The normalized spacial score (nSPS) is 23.0. The number of hydrogen-bond donors (Lipinski definition) is 2. The molecule has 12 heteroatoms. The molecular formula is C14H12ClF2N5O2S2. The van der Waals surface area contributed by atoms with Gasteiger partial charge in [-0.3, -0.25) is 5.10 Å². The molecule has 2 aromatic heterocycles. The van der Waals surface area contributed by atoms with Gasteiger partial charge in [-0.1, -0.05) is 11.3 Å². The van der Waals surface area contributed by atoms with Gasteiger partial charge in [0.05, 0.1) is 22.1 Å². The standard InChI is InChI=1S/C14H12ClF2N5O2S2/c15-6-14(4-9(14)12-20-21-13(25-12)11(16)17)22-26(23,24)8-2-1-7-5-18-19-10(7)3-8/h1-3,5,9,11,22H,4,6H2,(H,18,19). The summed E-state index contributed by atoms with van der Waals surface area (Å²) < 4.78 is 53.5. The van der Waals surface area contributed by atoms with Crippen molar-refractivity contribution >= 4 is 43.9 Å². The van der Waals surface area contributed by atoms with Crippen molar-refractivity contribution in [3.8, 4) is 0 Å². The smallest absolute Gasteiger partial charge is 0.278 e. The molecule has 2 heterocycles. The quantitative estimate of drug-likeness (QED) is 0.598. The van der Waals surface area contributed by atoms with Crippen LogP contribution in [0.25, 0.3) is 10.9 Å². The lowest BCUT2D eigenvalue weighted by Crippen LogP contribution is -2.39. The van der Waals surface area contributed by atoms with Crippen molar-refractivity contribution in [3.05, 3.63) is 34.4 Å². The van der Waals surface area contributed by atoms with E-state index in [0.717, 1.165) is 16.7 Å². The van der Waals surface area contributed by atoms with Gasteiger partial charge < -0.3 is 0 Å². The molecule has 1 aromatic carbocycles. The maximum atomic E-state index is 12.7. The molecule has 0 radical (unpaired) electrons. The van der Waals surface area contributed by atoms with Crippen LogP contribution in [0.2, 0.25) is 0 Å². The minimum Gasteiger partial charge on any atom is -0.278 e. The van der Waals surface area contributed by atoms with E-state index >= 15 is 0 Å². The topological polar surface area (TPSA) is 101 Å². The van der Waals surface area contributed by atoms with Gasteiger partial charge >= 0.3 is 0 Å². The Hall–Kier alpha value is -1.69. The van der Waals surface area contributed by atoms with Gasteiger partial charge in [-0.25, -0.2) is 21.9 Å². The van der Waals surface area contributed by atoms with Gasteiger partial charge in [-0.2, -0.15) is 5.10 Å². The average Bonchev–Trinajstić information content (AvgIpc) is 2.99. The zero-order chi connectivity index (χ0) is 18.5. The van der Waals surface area contributed by atoms with Gasteiger partial charge in [0, 0.05) is 17.2 Å². The van der Waals surface area contributed by atoms with Gasteiger partial charge in [0.15, 0.2) is 5.01 Å². The Balaban J connectivity index is 1.59. The fourth-order valence-electron chi connectivity index (χ4n) is 2.80. The highest BCUT2D eigenvalue weighted by molar-refractivity contribution is 7.89. The van der Waals surface area contributed by atoms with E-state index in [9.17, 15) is 17.2 Å². The van der Waals surface area contributed by atoms with Crippen molar-refractivity contribution < 1.29 is 17.2 Å². The molecule has 1 aliphatic rings. The zero-order valence-electron chi connectivity index (χ0n) is 13.0. The minimum atomic E-state index is -3.86. The highest BCUT2D eigenvalue weighted by atomic mass is 35.5. The Bertz CT molecular complexity index is 1070. The first-order chi connectivity index (χ1) is 12.3. The van der Waals surface area contributed by atoms with Crippen LogP contribution in [-0.2, 0) is 10.0 Å². The summed E-state index contributed by atoms with van der Waals surface area (Å²) in [5.74, 6) is -0.386. The molecule has 26 heavy (non-hydrogen) atoms. The van der Waals surface area contributed by atoms with E-state index in [0.29, 0.717) is 16.9 Å². The van der Waals surface area contributed by atoms with Crippen molar-refractivity contribution in [1.82, 2.24) is 25.1 Å². The third-order valence-corrected chi connectivity index (χ3v) is 7.39. The van der Waals surface area contributed by atoms with E-state index < -0.39 is 22.0 Å². The number of alkyl halides is 3. The summed E-state index contributed by atoms with van der Waals surface area (Å²) in [6.07, 6.45) is -0.741. The van der Waals surface area contributed by atoms with Crippen LogP contribution in [0.15, 0.2) is 29.3 Å². The number of benzene rings is 1. The van der Waals surface area contributed by atoms with E-state index in [1.165, 1.54) is 12.1 Å². The summed E-state index contributed by atoms with van der Waals surface area (Å²) in [5.41, 5.74) is -0.367. The van der Waals surface area contributed by atoms with Crippen LogP contribution in [0.1, 0.15) is 28.8 Å². The molecule has 0 bridgehead atoms. The second-order valence-electron chi connectivity index (χ2n) is 6.05. The van der Waals surface area contributed by atoms with Crippen LogP contribution in [0.3, 0.4) is 0 Å². The Morgan fingerprint density at radius 1 is 1.42 bits per heavy atom.